The molecule has 2 atom stereocenters. The standard InChI is InChI=1S/C17H23N3O2/c18-16(21)14-9-6-12-20(14)17(22)15(19-10-4-5-11-19)13-7-2-1-3-8-13/h1-3,7-8,14-15H,4-6,9-12H2,(H2,18,21)/t14?,15-/m1/s1. The second-order valence-corrected chi connectivity index (χ2v) is 6.15. The highest BCUT2D eigenvalue weighted by Crippen LogP contribution is 2.30. The molecule has 2 aliphatic rings. The lowest BCUT2D eigenvalue weighted by molar-refractivity contribution is -0.141. The predicted octanol–water partition coefficient (Wildman–Crippen LogP) is 1.30. The number of hydrogen-bond acceptors (Lipinski definition) is 3. The summed E-state index contributed by atoms with van der Waals surface area (Å²) in [5.41, 5.74) is 6.48. The zero-order valence-corrected chi connectivity index (χ0v) is 12.8. The number of primary amides is 1. The normalized spacial score (nSPS) is 23.6. The summed E-state index contributed by atoms with van der Waals surface area (Å²) in [4.78, 5) is 28.7. The Bertz CT molecular complexity index is 540. The van der Waals surface area contributed by atoms with Crippen LogP contribution >= 0.6 is 0 Å². The van der Waals surface area contributed by atoms with E-state index in [2.05, 4.69) is 4.90 Å². The maximum atomic E-state index is 13.1. The Labute approximate surface area is 131 Å². The van der Waals surface area contributed by atoms with Crippen molar-refractivity contribution in [1.29, 1.82) is 0 Å². The van der Waals surface area contributed by atoms with Crippen molar-refractivity contribution in [1.82, 2.24) is 9.80 Å². The van der Waals surface area contributed by atoms with Crippen molar-refractivity contribution in [2.45, 2.75) is 37.8 Å². The van der Waals surface area contributed by atoms with E-state index >= 15 is 0 Å². The molecule has 5 nitrogen and oxygen atoms in total. The molecule has 1 aromatic carbocycles. The van der Waals surface area contributed by atoms with Gasteiger partial charge in [0.2, 0.25) is 11.8 Å². The molecule has 5 heteroatoms. The Morgan fingerprint density at radius 3 is 2.36 bits per heavy atom. The van der Waals surface area contributed by atoms with E-state index in [1.165, 1.54) is 0 Å². The van der Waals surface area contributed by atoms with Gasteiger partial charge in [0.15, 0.2) is 0 Å². The van der Waals surface area contributed by atoms with E-state index in [-0.39, 0.29) is 17.9 Å². The third kappa shape index (κ3) is 2.86. The van der Waals surface area contributed by atoms with Gasteiger partial charge in [-0.2, -0.15) is 0 Å². The van der Waals surface area contributed by atoms with Crippen molar-refractivity contribution in [2.24, 2.45) is 5.73 Å². The van der Waals surface area contributed by atoms with Gasteiger partial charge < -0.3 is 10.6 Å². The number of carbonyl (C=O) groups is 2. The van der Waals surface area contributed by atoms with Crippen LogP contribution in [0, 0.1) is 0 Å². The second-order valence-electron chi connectivity index (χ2n) is 6.15. The van der Waals surface area contributed by atoms with Crippen LogP contribution in [0.5, 0.6) is 0 Å². The van der Waals surface area contributed by atoms with Crippen LogP contribution in [-0.4, -0.2) is 47.3 Å². The zero-order valence-electron chi connectivity index (χ0n) is 12.8. The van der Waals surface area contributed by atoms with E-state index in [0.29, 0.717) is 13.0 Å². The van der Waals surface area contributed by atoms with Crippen LogP contribution in [0.15, 0.2) is 30.3 Å². The molecule has 22 heavy (non-hydrogen) atoms. The van der Waals surface area contributed by atoms with Crippen molar-refractivity contribution < 1.29 is 9.59 Å². The maximum Gasteiger partial charge on any atom is 0.245 e. The quantitative estimate of drug-likeness (QED) is 0.911. The molecule has 0 bridgehead atoms. The minimum atomic E-state index is -0.443. The first-order valence-electron chi connectivity index (χ1n) is 8.07. The number of nitrogens with two attached hydrogens (primary N) is 1. The molecule has 2 fully saturated rings. The minimum absolute atomic E-state index is 0.0226. The summed E-state index contributed by atoms with van der Waals surface area (Å²) in [5, 5.41) is 0. The summed E-state index contributed by atoms with van der Waals surface area (Å²) in [6.45, 7) is 2.49. The molecule has 1 unspecified atom stereocenters. The molecule has 2 saturated heterocycles. The average molecular weight is 301 g/mol. The Morgan fingerprint density at radius 1 is 1.05 bits per heavy atom. The highest BCUT2D eigenvalue weighted by atomic mass is 16.2. The van der Waals surface area contributed by atoms with Crippen molar-refractivity contribution in [3.63, 3.8) is 0 Å². The molecule has 0 radical (unpaired) electrons. The summed E-state index contributed by atoms with van der Waals surface area (Å²) >= 11 is 0. The van der Waals surface area contributed by atoms with Gasteiger partial charge in [-0.05, 0) is 44.3 Å². The molecule has 118 valence electrons. The number of benzene rings is 1. The van der Waals surface area contributed by atoms with Gasteiger partial charge in [-0.25, -0.2) is 0 Å². The summed E-state index contributed by atoms with van der Waals surface area (Å²) < 4.78 is 0. The van der Waals surface area contributed by atoms with Crippen LogP contribution in [0.25, 0.3) is 0 Å². The van der Waals surface area contributed by atoms with Crippen LogP contribution in [0.2, 0.25) is 0 Å². The average Bonchev–Trinajstić information content (AvgIpc) is 3.20. The molecule has 3 rings (SSSR count). The maximum absolute atomic E-state index is 13.1. The molecule has 2 amide bonds. The molecule has 1 aromatic rings. The van der Waals surface area contributed by atoms with Gasteiger partial charge in [-0.1, -0.05) is 30.3 Å². The molecule has 2 heterocycles. The molecule has 0 aromatic heterocycles. The Balaban J connectivity index is 1.88. The summed E-state index contributed by atoms with van der Waals surface area (Å²) in [7, 11) is 0. The van der Waals surface area contributed by atoms with Gasteiger partial charge in [-0.3, -0.25) is 14.5 Å². The summed E-state index contributed by atoms with van der Waals surface area (Å²) in [6.07, 6.45) is 3.77. The first kappa shape index (κ1) is 15.0. The fourth-order valence-electron chi connectivity index (χ4n) is 3.63. The van der Waals surface area contributed by atoms with Crippen molar-refractivity contribution in [3.8, 4) is 0 Å². The Hall–Kier alpha value is -1.88. The molecule has 2 N–H and O–H groups in total. The van der Waals surface area contributed by atoms with Crippen LogP contribution < -0.4 is 5.73 Å². The van der Waals surface area contributed by atoms with Crippen LogP contribution in [0.1, 0.15) is 37.3 Å². The number of rotatable bonds is 4. The lowest BCUT2D eigenvalue weighted by Crippen LogP contribution is -2.48. The van der Waals surface area contributed by atoms with Gasteiger partial charge in [-0.15, -0.1) is 0 Å². The van der Waals surface area contributed by atoms with Gasteiger partial charge in [0.1, 0.15) is 12.1 Å². The van der Waals surface area contributed by atoms with Gasteiger partial charge in [0, 0.05) is 6.54 Å². The molecular formula is C17H23N3O2. The highest BCUT2D eigenvalue weighted by Gasteiger charge is 2.39. The lowest BCUT2D eigenvalue weighted by Gasteiger charge is -2.32. The number of nitrogens with zero attached hydrogens (tertiary/aromatic N) is 2. The van der Waals surface area contributed by atoms with Crippen molar-refractivity contribution >= 4 is 11.8 Å². The molecule has 0 saturated carbocycles. The largest absolute Gasteiger partial charge is 0.368 e. The van der Waals surface area contributed by atoms with E-state index in [4.69, 9.17) is 5.73 Å². The van der Waals surface area contributed by atoms with E-state index in [1.54, 1.807) is 4.90 Å². The summed E-state index contributed by atoms with van der Waals surface area (Å²) in [6, 6.07) is 9.14. The topological polar surface area (TPSA) is 66.6 Å². The highest BCUT2D eigenvalue weighted by molar-refractivity contribution is 5.90. The van der Waals surface area contributed by atoms with Gasteiger partial charge in [0.05, 0.1) is 0 Å². The first-order valence-corrected chi connectivity index (χ1v) is 8.07. The lowest BCUT2D eigenvalue weighted by atomic mass is 10.0. The Morgan fingerprint density at radius 2 is 1.73 bits per heavy atom. The van der Waals surface area contributed by atoms with Crippen LogP contribution in [0.3, 0.4) is 0 Å². The van der Waals surface area contributed by atoms with Gasteiger partial charge >= 0.3 is 0 Å². The molecule has 2 aliphatic heterocycles. The third-order valence-corrected chi connectivity index (χ3v) is 4.72. The minimum Gasteiger partial charge on any atom is -0.368 e. The number of carbonyl (C=O) groups excluding carboxylic acids is 2. The smallest absolute Gasteiger partial charge is 0.245 e. The van der Waals surface area contributed by atoms with Crippen molar-refractivity contribution in [3.05, 3.63) is 35.9 Å². The van der Waals surface area contributed by atoms with Crippen molar-refractivity contribution in [2.75, 3.05) is 19.6 Å². The van der Waals surface area contributed by atoms with Crippen LogP contribution in [0.4, 0.5) is 0 Å². The first-order chi connectivity index (χ1) is 10.7. The monoisotopic (exact) mass is 301 g/mol. The molecular weight excluding hydrogens is 278 g/mol. The molecule has 0 spiro atoms. The fourth-order valence-corrected chi connectivity index (χ4v) is 3.63. The van der Waals surface area contributed by atoms with E-state index < -0.39 is 6.04 Å². The van der Waals surface area contributed by atoms with E-state index in [0.717, 1.165) is 37.9 Å². The van der Waals surface area contributed by atoms with E-state index in [1.807, 2.05) is 30.3 Å². The Kier molecular flexibility index (Phi) is 4.43. The molecule has 0 aliphatic carbocycles. The number of hydrogen-bond donors (Lipinski definition) is 1. The second kappa shape index (κ2) is 6.48. The predicted molar refractivity (Wildman–Crippen MR) is 83.9 cm³/mol. The van der Waals surface area contributed by atoms with Crippen LogP contribution in [-0.2, 0) is 9.59 Å². The zero-order chi connectivity index (χ0) is 15.5. The SMILES string of the molecule is NC(=O)C1CCCN1C(=O)[C@@H](c1ccccc1)N1CCCC1. The number of likely N-dealkylation sites (tertiary alicyclic amines) is 2. The van der Waals surface area contributed by atoms with E-state index in [9.17, 15) is 9.59 Å². The third-order valence-electron chi connectivity index (χ3n) is 4.72. The summed E-state index contributed by atoms with van der Waals surface area (Å²) in [5.74, 6) is -0.367. The number of amides is 2. The van der Waals surface area contributed by atoms with Gasteiger partial charge in [0.25, 0.3) is 0 Å². The fraction of sp³-hybridized carbons (Fsp3) is 0.529.